The van der Waals surface area contributed by atoms with E-state index in [-0.39, 0.29) is 12.8 Å². The molecule has 2 atom stereocenters. The first kappa shape index (κ1) is 16.6. The Bertz CT molecular complexity index is 535. The van der Waals surface area contributed by atoms with Crippen LogP contribution < -0.4 is 5.32 Å². The quantitative estimate of drug-likeness (QED) is 0.726. The van der Waals surface area contributed by atoms with Crippen LogP contribution in [0.3, 0.4) is 0 Å². The fraction of sp³-hybridized carbons (Fsp3) is 0.500. The van der Waals surface area contributed by atoms with Crippen molar-refractivity contribution < 1.29 is 18.0 Å². The number of amides is 1. The van der Waals surface area contributed by atoms with Crippen LogP contribution in [0, 0.1) is 11.8 Å². The standard InChI is InChI=1S/C14H14BrClF3NO/c15-12-10(16)6-3-7-11(12)20-13(21)8-4-1-2-5-9(8)14(17,18)19/h3,6-9H,1-2,4-5H2,(H,20,21). The largest absolute Gasteiger partial charge is 0.392 e. The van der Waals surface area contributed by atoms with Gasteiger partial charge in [-0.2, -0.15) is 13.2 Å². The van der Waals surface area contributed by atoms with Gasteiger partial charge in [-0.1, -0.05) is 30.5 Å². The summed E-state index contributed by atoms with van der Waals surface area (Å²) in [6.07, 6.45) is -2.92. The molecule has 1 fully saturated rings. The lowest BCUT2D eigenvalue weighted by Crippen LogP contribution is -2.39. The van der Waals surface area contributed by atoms with E-state index in [4.69, 9.17) is 11.6 Å². The molecule has 0 radical (unpaired) electrons. The second kappa shape index (κ2) is 6.57. The Kier molecular flexibility index (Phi) is 5.20. The molecule has 116 valence electrons. The lowest BCUT2D eigenvalue weighted by Gasteiger charge is -2.32. The second-order valence-corrected chi connectivity index (χ2v) is 6.33. The molecule has 2 nitrogen and oxygen atoms in total. The van der Waals surface area contributed by atoms with E-state index in [1.165, 1.54) is 0 Å². The first-order chi connectivity index (χ1) is 9.80. The predicted molar refractivity (Wildman–Crippen MR) is 79.3 cm³/mol. The summed E-state index contributed by atoms with van der Waals surface area (Å²) in [7, 11) is 0. The van der Waals surface area contributed by atoms with Crippen LogP contribution in [-0.4, -0.2) is 12.1 Å². The van der Waals surface area contributed by atoms with E-state index in [0.717, 1.165) is 0 Å². The van der Waals surface area contributed by atoms with Crippen LogP contribution >= 0.6 is 27.5 Å². The molecule has 1 N–H and O–H groups in total. The van der Waals surface area contributed by atoms with Gasteiger partial charge in [-0.15, -0.1) is 0 Å². The zero-order chi connectivity index (χ0) is 15.6. The van der Waals surface area contributed by atoms with E-state index < -0.39 is 23.9 Å². The molecule has 1 aromatic carbocycles. The number of carbonyl (C=O) groups is 1. The average Bonchev–Trinajstić information content (AvgIpc) is 2.43. The fourth-order valence-electron chi connectivity index (χ4n) is 2.66. The van der Waals surface area contributed by atoms with Crippen molar-refractivity contribution >= 4 is 39.1 Å². The number of hydrogen-bond donors (Lipinski definition) is 1. The number of anilines is 1. The van der Waals surface area contributed by atoms with E-state index in [9.17, 15) is 18.0 Å². The highest BCUT2D eigenvalue weighted by molar-refractivity contribution is 9.10. The van der Waals surface area contributed by atoms with Gasteiger partial charge in [0.25, 0.3) is 0 Å². The summed E-state index contributed by atoms with van der Waals surface area (Å²) in [6.45, 7) is 0. The summed E-state index contributed by atoms with van der Waals surface area (Å²) in [5.41, 5.74) is 0.388. The predicted octanol–water partition coefficient (Wildman–Crippen LogP) is 5.41. The molecule has 21 heavy (non-hydrogen) atoms. The second-order valence-electron chi connectivity index (χ2n) is 5.13. The molecule has 7 heteroatoms. The topological polar surface area (TPSA) is 29.1 Å². The molecule has 1 aromatic rings. The summed E-state index contributed by atoms with van der Waals surface area (Å²) in [5.74, 6) is -3.20. The summed E-state index contributed by atoms with van der Waals surface area (Å²) in [6, 6.07) is 4.85. The van der Waals surface area contributed by atoms with Crippen molar-refractivity contribution in [2.24, 2.45) is 11.8 Å². The van der Waals surface area contributed by atoms with Crippen molar-refractivity contribution in [3.8, 4) is 0 Å². The monoisotopic (exact) mass is 383 g/mol. The van der Waals surface area contributed by atoms with Gasteiger partial charge in [0, 0.05) is 5.92 Å². The van der Waals surface area contributed by atoms with Crippen LogP contribution in [-0.2, 0) is 4.79 Å². The van der Waals surface area contributed by atoms with E-state index in [1.807, 2.05) is 0 Å². The highest BCUT2D eigenvalue weighted by Gasteiger charge is 2.48. The Balaban J connectivity index is 2.16. The highest BCUT2D eigenvalue weighted by atomic mass is 79.9. The summed E-state index contributed by atoms with van der Waals surface area (Å²) < 4.78 is 39.5. The molecule has 2 rings (SSSR count). The van der Waals surface area contributed by atoms with E-state index in [0.29, 0.717) is 28.0 Å². The van der Waals surface area contributed by atoms with Gasteiger partial charge in [0.2, 0.25) is 5.91 Å². The average molecular weight is 385 g/mol. The molecule has 0 aromatic heterocycles. The van der Waals surface area contributed by atoms with Gasteiger partial charge in [0.1, 0.15) is 0 Å². The molecule has 0 spiro atoms. The number of rotatable bonds is 2. The maximum absolute atomic E-state index is 13.0. The molecule has 1 saturated carbocycles. The summed E-state index contributed by atoms with van der Waals surface area (Å²) in [4.78, 5) is 12.2. The normalized spacial score (nSPS) is 22.9. The van der Waals surface area contributed by atoms with Gasteiger partial charge < -0.3 is 5.32 Å². The van der Waals surface area contributed by atoms with Crippen LogP contribution in [0.1, 0.15) is 25.7 Å². The molecule has 1 aliphatic rings. The van der Waals surface area contributed by atoms with Crippen LogP contribution in [0.2, 0.25) is 5.02 Å². The van der Waals surface area contributed by atoms with Crippen LogP contribution in [0.25, 0.3) is 0 Å². The van der Waals surface area contributed by atoms with E-state index in [1.54, 1.807) is 18.2 Å². The van der Waals surface area contributed by atoms with Gasteiger partial charge in [-0.3, -0.25) is 4.79 Å². The van der Waals surface area contributed by atoms with Crippen molar-refractivity contribution in [2.45, 2.75) is 31.9 Å². The first-order valence-electron chi connectivity index (χ1n) is 6.62. The molecule has 0 heterocycles. The van der Waals surface area contributed by atoms with Crippen molar-refractivity contribution in [3.05, 3.63) is 27.7 Å². The van der Waals surface area contributed by atoms with Crippen LogP contribution in [0.5, 0.6) is 0 Å². The smallest absolute Gasteiger partial charge is 0.325 e. The summed E-state index contributed by atoms with van der Waals surface area (Å²) >= 11 is 9.12. The molecule has 1 aliphatic carbocycles. The number of nitrogens with one attached hydrogen (secondary N) is 1. The summed E-state index contributed by atoms with van der Waals surface area (Å²) in [5, 5.41) is 2.94. The lowest BCUT2D eigenvalue weighted by atomic mass is 9.78. The van der Waals surface area contributed by atoms with Crippen molar-refractivity contribution in [2.75, 3.05) is 5.32 Å². The zero-order valence-corrected chi connectivity index (χ0v) is 13.4. The van der Waals surface area contributed by atoms with Crippen molar-refractivity contribution in [1.82, 2.24) is 0 Å². The minimum absolute atomic E-state index is 0.0122. The van der Waals surface area contributed by atoms with Crippen LogP contribution in [0.15, 0.2) is 22.7 Å². The Morgan fingerprint density at radius 2 is 1.95 bits per heavy atom. The molecule has 1 amide bonds. The van der Waals surface area contributed by atoms with Gasteiger partial charge in [0.15, 0.2) is 0 Å². The molecule has 0 aliphatic heterocycles. The van der Waals surface area contributed by atoms with Gasteiger partial charge in [0.05, 0.1) is 21.1 Å². The third kappa shape index (κ3) is 3.92. The van der Waals surface area contributed by atoms with Gasteiger partial charge >= 0.3 is 6.18 Å². The SMILES string of the molecule is O=C(Nc1cccc(Cl)c1Br)C1CCCCC1C(F)(F)F. The minimum atomic E-state index is -4.34. The Hall–Kier alpha value is -0.750. The van der Waals surface area contributed by atoms with Gasteiger partial charge in [-0.25, -0.2) is 0 Å². The first-order valence-corrected chi connectivity index (χ1v) is 7.79. The maximum atomic E-state index is 13.0. The Morgan fingerprint density at radius 1 is 1.29 bits per heavy atom. The van der Waals surface area contributed by atoms with E-state index in [2.05, 4.69) is 21.2 Å². The third-order valence-electron chi connectivity index (χ3n) is 3.73. The third-order valence-corrected chi connectivity index (χ3v) is 5.13. The van der Waals surface area contributed by atoms with Crippen LogP contribution in [0.4, 0.5) is 18.9 Å². The molecular formula is C14H14BrClF3NO. The minimum Gasteiger partial charge on any atom is -0.325 e. The fourth-order valence-corrected chi connectivity index (χ4v) is 3.20. The number of halogens is 5. The Labute approximate surface area is 134 Å². The highest BCUT2D eigenvalue weighted by Crippen LogP contribution is 2.42. The number of hydrogen-bond acceptors (Lipinski definition) is 1. The number of carbonyl (C=O) groups excluding carboxylic acids is 1. The van der Waals surface area contributed by atoms with Gasteiger partial charge in [-0.05, 0) is 40.9 Å². The molecule has 2 unspecified atom stereocenters. The lowest BCUT2D eigenvalue weighted by molar-refractivity contribution is -0.197. The Morgan fingerprint density at radius 3 is 2.62 bits per heavy atom. The maximum Gasteiger partial charge on any atom is 0.392 e. The van der Waals surface area contributed by atoms with E-state index >= 15 is 0 Å². The number of benzene rings is 1. The van der Waals surface area contributed by atoms with Crippen molar-refractivity contribution in [1.29, 1.82) is 0 Å². The number of alkyl halides is 3. The molecule has 0 saturated heterocycles. The van der Waals surface area contributed by atoms with Crippen molar-refractivity contribution in [3.63, 3.8) is 0 Å². The molecular weight excluding hydrogens is 371 g/mol. The zero-order valence-electron chi connectivity index (χ0n) is 11.0. The molecule has 0 bridgehead atoms.